The van der Waals surface area contributed by atoms with Crippen molar-refractivity contribution in [1.29, 1.82) is 0 Å². The monoisotopic (exact) mass is 281 g/mol. The van der Waals surface area contributed by atoms with Crippen LogP contribution in [0, 0.1) is 6.92 Å². The maximum absolute atomic E-state index is 9.90. The van der Waals surface area contributed by atoms with Crippen molar-refractivity contribution < 1.29 is 10.2 Å². The predicted octanol–water partition coefficient (Wildman–Crippen LogP) is 2.96. The lowest BCUT2D eigenvalue weighted by molar-refractivity contribution is 0.379. The van der Waals surface area contributed by atoms with Gasteiger partial charge in [0.1, 0.15) is 0 Å². The van der Waals surface area contributed by atoms with Gasteiger partial charge < -0.3 is 15.5 Å². The van der Waals surface area contributed by atoms with E-state index in [2.05, 4.69) is 30.4 Å². The van der Waals surface area contributed by atoms with Crippen LogP contribution in [0.3, 0.4) is 0 Å². The van der Waals surface area contributed by atoms with E-state index in [1.165, 1.54) is 16.7 Å². The largest absolute Gasteiger partial charge is 0.504 e. The van der Waals surface area contributed by atoms with Gasteiger partial charge in [-0.2, -0.15) is 0 Å². The summed E-state index contributed by atoms with van der Waals surface area (Å²) < 4.78 is 0. The number of benzene rings is 2. The van der Waals surface area contributed by atoms with Gasteiger partial charge in [0.2, 0.25) is 0 Å². The van der Waals surface area contributed by atoms with Crippen molar-refractivity contribution in [1.82, 2.24) is 5.32 Å². The molecule has 2 atom stereocenters. The van der Waals surface area contributed by atoms with Gasteiger partial charge in [0, 0.05) is 18.5 Å². The van der Waals surface area contributed by atoms with Gasteiger partial charge in [-0.15, -0.1) is 0 Å². The van der Waals surface area contributed by atoms with Crippen LogP contribution in [0.4, 0.5) is 0 Å². The van der Waals surface area contributed by atoms with E-state index >= 15 is 0 Å². The Bertz CT molecular complexity index is 723. The summed E-state index contributed by atoms with van der Waals surface area (Å²) >= 11 is 0. The van der Waals surface area contributed by atoms with E-state index in [1.807, 2.05) is 0 Å². The van der Waals surface area contributed by atoms with Gasteiger partial charge >= 0.3 is 0 Å². The molecule has 0 radical (unpaired) electrons. The molecule has 3 nitrogen and oxygen atoms in total. The number of hydrogen-bond donors (Lipinski definition) is 3. The Labute approximate surface area is 124 Å². The molecule has 1 heterocycles. The summed E-state index contributed by atoms with van der Waals surface area (Å²) in [5.74, 6) is 0.235. The molecule has 0 bridgehead atoms. The highest BCUT2D eigenvalue weighted by Gasteiger charge is 2.35. The Hall–Kier alpha value is -2.00. The van der Waals surface area contributed by atoms with E-state index in [0.717, 1.165) is 30.5 Å². The summed E-state index contributed by atoms with van der Waals surface area (Å²) in [6, 6.07) is 10.4. The average Bonchev–Trinajstić information content (AvgIpc) is 2.48. The third kappa shape index (κ3) is 1.84. The third-order valence-corrected chi connectivity index (χ3v) is 5.02. The number of aryl methyl sites for hydroxylation is 2. The van der Waals surface area contributed by atoms with Crippen molar-refractivity contribution in [2.24, 2.45) is 0 Å². The molecule has 0 amide bonds. The van der Waals surface area contributed by atoms with E-state index in [4.69, 9.17) is 0 Å². The van der Waals surface area contributed by atoms with Crippen LogP contribution in [0.25, 0.3) is 0 Å². The molecule has 4 rings (SSSR count). The van der Waals surface area contributed by atoms with Gasteiger partial charge in [0.05, 0.1) is 0 Å². The van der Waals surface area contributed by atoms with Crippen LogP contribution >= 0.6 is 0 Å². The van der Waals surface area contributed by atoms with Crippen molar-refractivity contribution in [2.45, 2.75) is 38.3 Å². The van der Waals surface area contributed by atoms with Crippen molar-refractivity contribution in [3.8, 4) is 11.5 Å². The lowest BCUT2D eigenvalue weighted by atomic mass is 9.72. The molecule has 0 spiro atoms. The smallest absolute Gasteiger partial charge is 0.157 e. The maximum atomic E-state index is 9.90. The third-order valence-electron chi connectivity index (χ3n) is 5.02. The first-order valence-corrected chi connectivity index (χ1v) is 7.51. The van der Waals surface area contributed by atoms with Gasteiger partial charge in [0.25, 0.3) is 0 Å². The van der Waals surface area contributed by atoms with Crippen LogP contribution in [-0.4, -0.2) is 16.3 Å². The molecule has 0 saturated carbocycles. The van der Waals surface area contributed by atoms with Gasteiger partial charge in [-0.1, -0.05) is 18.2 Å². The molecule has 108 valence electrons. The van der Waals surface area contributed by atoms with Crippen molar-refractivity contribution in [3.05, 3.63) is 58.1 Å². The van der Waals surface area contributed by atoms with E-state index in [1.54, 1.807) is 12.1 Å². The first-order chi connectivity index (χ1) is 10.1. The van der Waals surface area contributed by atoms with Gasteiger partial charge in [0.15, 0.2) is 11.5 Å². The normalized spacial score (nSPS) is 23.1. The van der Waals surface area contributed by atoms with Crippen LogP contribution in [-0.2, 0) is 13.0 Å². The highest BCUT2D eigenvalue weighted by Crippen LogP contribution is 2.44. The number of aromatic hydroxyl groups is 2. The van der Waals surface area contributed by atoms with Crippen LogP contribution < -0.4 is 5.32 Å². The number of phenolic OH excluding ortho intramolecular Hbond substituents is 2. The quantitative estimate of drug-likeness (QED) is 0.651. The van der Waals surface area contributed by atoms with Crippen LogP contribution in [0.5, 0.6) is 11.5 Å². The maximum Gasteiger partial charge on any atom is 0.157 e. The Morgan fingerprint density at radius 2 is 1.90 bits per heavy atom. The lowest BCUT2D eigenvalue weighted by Gasteiger charge is -2.40. The molecule has 0 unspecified atom stereocenters. The first kappa shape index (κ1) is 12.7. The molecule has 21 heavy (non-hydrogen) atoms. The Balaban J connectivity index is 1.93. The number of rotatable bonds is 0. The molecule has 0 fully saturated rings. The second kappa shape index (κ2) is 4.50. The summed E-state index contributed by atoms with van der Waals surface area (Å²) in [5, 5.41) is 23.3. The summed E-state index contributed by atoms with van der Waals surface area (Å²) in [6.07, 6.45) is 2.01. The van der Waals surface area contributed by atoms with Crippen LogP contribution in [0.2, 0.25) is 0 Å². The van der Waals surface area contributed by atoms with E-state index in [9.17, 15) is 10.2 Å². The molecule has 2 aromatic carbocycles. The van der Waals surface area contributed by atoms with Gasteiger partial charge in [-0.3, -0.25) is 0 Å². The Morgan fingerprint density at radius 3 is 2.76 bits per heavy atom. The molecule has 2 aromatic rings. The van der Waals surface area contributed by atoms with Crippen LogP contribution in [0.1, 0.15) is 40.2 Å². The molecule has 3 N–H and O–H groups in total. The minimum atomic E-state index is -0.0193. The molecule has 3 heteroatoms. The highest BCUT2D eigenvalue weighted by atomic mass is 16.3. The molecule has 2 aliphatic rings. The molecule has 1 aliphatic carbocycles. The average molecular weight is 281 g/mol. The first-order valence-electron chi connectivity index (χ1n) is 7.51. The lowest BCUT2D eigenvalue weighted by Crippen LogP contribution is -2.42. The number of phenols is 2. The van der Waals surface area contributed by atoms with E-state index in [-0.39, 0.29) is 17.4 Å². The second-order valence-corrected chi connectivity index (χ2v) is 6.19. The SMILES string of the molecule is Cc1cccc2c1CN[C@@H]1CCc3cc(O)c(O)cc3[C@@H]21. The van der Waals surface area contributed by atoms with Crippen molar-refractivity contribution in [2.75, 3.05) is 0 Å². The standard InChI is InChI=1S/C18H19NO2/c1-10-3-2-4-12-14(10)9-19-15-6-5-11-7-16(20)17(21)8-13(11)18(12)15/h2-4,7-8,15,18-21H,5-6,9H2,1H3/t15-,18-/m1/s1. The predicted molar refractivity (Wildman–Crippen MR) is 81.7 cm³/mol. The second-order valence-electron chi connectivity index (χ2n) is 6.19. The minimum absolute atomic E-state index is 0.0135. The molecular formula is C18H19NO2. The van der Waals surface area contributed by atoms with E-state index in [0.29, 0.717) is 6.04 Å². The zero-order valence-corrected chi connectivity index (χ0v) is 12.1. The number of nitrogens with one attached hydrogen (secondary N) is 1. The Morgan fingerprint density at radius 1 is 1.10 bits per heavy atom. The summed E-state index contributed by atoms with van der Waals surface area (Å²) in [6.45, 7) is 3.07. The summed E-state index contributed by atoms with van der Waals surface area (Å²) in [5.41, 5.74) is 6.36. The zero-order chi connectivity index (χ0) is 14.6. The van der Waals surface area contributed by atoms with Crippen molar-refractivity contribution in [3.63, 3.8) is 0 Å². The van der Waals surface area contributed by atoms with Gasteiger partial charge in [-0.05, 0) is 59.7 Å². The summed E-state index contributed by atoms with van der Waals surface area (Å²) in [4.78, 5) is 0. The molecule has 0 aromatic heterocycles. The minimum Gasteiger partial charge on any atom is -0.504 e. The molecular weight excluding hydrogens is 262 g/mol. The topological polar surface area (TPSA) is 52.5 Å². The molecule has 0 saturated heterocycles. The van der Waals surface area contributed by atoms with Crippen molar-refractivity contribution >= 4 is 0 Å². The molecule has 1 aliphatic heterocycles. The van der Waals surface area contributed by atoms with E-state index < -0.39 is 0 Å². The number of hydrogen-bond acceptors (Lipinski definition) is 3. The zero-order valence-electron chi connectivity index (χ0n) is 12.1. The fourth-order valence-corrected chi connectivity index (χ4v) is 3.93. The highest BCUT2D eigenvalue weighted by molar-refractivity contribution is 5.54. The van der Waals surface area contributed by atoms with Crippen LogP contribution in [0.15, 0.2) is 30.3 Å². The fourth-order valence-electron chi connectivity index (χ4n) is 3.93. The number of fused-ring (bicyclic) bond motifs is 5. The van der Waals surface area contributed by atoms with Gasteiger partial charge in [-0.25, -0.2) is 0 Å². The summed E-state index contributed by atoms with van der Waals surface area (Å²) in [7, 11) is 0. The fraction of sp³-hybridized carbons (Fsp3) is 0.333. The Kier molecular flexibility index (Phi) is 2.73.